The van der Waals surface area contributed by atoms with Gasteiger partial charge in [0.15, 0.2) is 0 Å². The normalized spacial score (nSPS) is 57.4. The summed E-state index contributed by atoms with van der Waals surface area (Å²) in [5.41, 5.74) is -0.0702. The highest BCUT2D eigenvalue weighted by atomic mass is 19.2. The molecular weight excluding hydrogens is 215 g/mol. The molecule has 2 saturated carbocycles. The summed E-state index contributed by atoms with van der Waals surface area (Å²) in [4.78, 5) is 0. The van der Waals surface area contributed by atoms with Crippen molar-refractivity contribution in [2.45, 2.75) is 74.9 Å². The molecule has 2 bridgehead atoms. The van der Waals surface area contributed by atoms with E-state index in [0.717, 1.165) is 0 Å². The molecular formula is C12H20F3N. The summed E-state index contributed by atoms with van der Waals surface area (Å²) in [7, 11) is 0. The number of hydrogen-bond acceptors (Lipinski definition) is 1. The molecule has 1 nitrogen and oxygen atoms in total. The zero-order chi connectivity index (χ0) is 12.2. The Hall–Kier alpha value is -0.250. The van der Waals surface area contributed by atoms with Crippen molar-refractivity contribution < 1.29 is 13.2 Å². The van der Waals surface area contributed by atoms with Crippen molar-refractivity contribution in [2.75, 3.05) is 0 Å². The molecule has 2 rings (SSSR count). The second-order valence-corrected chi connectivity index (χ2v) is 6.31. The summed E-state index contributed by atoms with van der Waals surface area (Å²) in [6.45, 7) is 3.13. The van der Waals surface area contributed by atoms with Crippen molar-refractivity contribution in [2.24, 2.45) is 5.73 Å². The van der Waals surface area contributed by atoms with Crippen molar-refractivity contribution in [1.29, 1.82) is 0 Å². The maximum atomic E-state index is 14.5. The zero-order valence-corrected chi connectivity index (χ0v) is 9.95. The average Bonchev–Trinajstić information content (AvgIpc) is 1.94. The standard InChI is InChI=1S/C12H20F3N/c1-3-12(16)7-10(14)4-9(2,13)5-11(15,6-10)8-12/h3-8,16H2,1-2H3. The number of alkyl halides is 3. The van der Waals surface area contributed by atoms with Crippen LogP contribution in [0.3, 0.4) is 0 Å². The van der Waals surface area contributed by atoms with Crippen molar-refractivity contribution in [1.82, 2.24) is 0 Å². The van der Waals surface area contributed by atoms with E-state index in [-0.39, 0.29) is 32.1 Å². The van der Waals surface area contributed by atoms with Gasteiger partial charge in [-0.3, -0.25) is 0 Å². The number of nitrogens with two attached hydrogens (primary N) is 1. The van der Waals surface area contributed by atoms with E-state index in [1.54, 1.807) is 0 Å². The SMILES string of the molecule is CCC1(N)CC2(F)CC(C)(F)CC(F)(C1)C2. The van der Waals surface area contributed by atoms with E-state index >= 15 is 0 Å². The fourth-order valence-electron chi connectivity index (χ4n) is 3.90. The quantitative estimate of drug-likeness (QED) is 0.742. The molecule has 2 atom stereocenters. The van der Waals surface area contributed by atoms with Gasteiger partial charge in [-0.2, -0.15) is 0 Å². The molecule has 0 aromatic carbocycles. The summed E-state index contributed by atoms with van der Waals surface area (Å²) in [6.07, 6.45) is 0.0877. The molecule has 2 aliphatic rings. The van der Waals surface area contributed by atoms with Crippen LogP contribution in [0.5, 0.6) is 0 Å². The molecule has 0 saturated heterocycles. The van der Waals surface area contributed by atoms with Crippen LogP contribution in [0.2, 0.25) is 0 Å². The molecule has 0 aromatic rings. The van der Waals surface area contributed by atoms with Crippen LogP contribution in [0.25, 0.3) is 0 Å². The smallest absolute Gasteiger partial charge is 0.118 e. The van der Waals surface area contributed by atoms with Crippen LogP contribution in [-0.2, 0) is 0 Å². The van der Waals surface area contributed by atoms with Crippen molar-refractivity contribution in [3.8, 4) is 0 Å². The fraction of sp³-hybridized carbons (Fsp3) is 1.00. The van der Waals surface area contributed by atoms with E-state index in [2.05, 4.69) is 0 Å². The predicted octanol–water partition coefficient (Wildman–Crippen LogP) is 3.22. The van der Waals surface area contributed by atoms with Crippen LogP contribution in [0.1, 0.15) is 52.4 Å². The minimum atomic E-state index is -1.76. The average molecular weight is 235 g/mol. The molecule has 2 unspecified atom stereocenters. The van der Waals surface area contributed by atoms with E-state index in [9.17, 15) is 13.2 Å². The van der Waals surface area contributed by atoms with Crippen LogP contribution >= 0.6 is 0 Å². The summed E-state index contributed by atoms with van der Waals surface area (Å²) in [6, 6.07) is 0. The van der Waals surface area contributed by atoms with Crippen LogP contribution in [0.15, 0.2) is 0 Å². The topological polar surface area (TPSA) is 26.0 Å². The maximum absolute atomic E-state index is 14.5. The third kappa shape index (κ3) is 2.08. The first-order valence-electron chi connectivity index (χ1n) is 5.95. The Morgan fingerprint density at radius 2 is 1.38 bits per heavy atom. The third-order valence-corrected chi connectivity index (χ3v) is 4.05. The Morgan fingerprint density at radius 3 is 1.75 bits per heavy atom. The Kier molecular flexibility index (Phi) is 2.41. The van der Waals surface area contributed by atoms with Gasteiger partial charge < -0.3 is 5.73 Å². The first-order chi connectivity index (χ1) is 7.10. The summed E-state index contributed by atoms with van der Waals surface area (Å²) in [5, 5.41) is 0. The maximum Gasteiger partial charge on any atom is 0.118 e. The molecule has 0 radical (unpaired) electrons. The molecule has 2 N–H and O–H groups in total. The molecule has 0 spiro atoms. The highest BCUT2D eigenvalue weighted by Crippen LogP contribution is 2.56. The van der Waals surface area contributed by atoms with Gasteiger partial charge in [-0.1, -0.05) is 6.92 Å². The van der Waals surface area contributed by atoms with Gasteiger partial charge in [-0.25, -0.2) is 13.2 Å². The first-order valence-corrected chi connectivity index (χ1v) is 5.95. The van der Waals surface area contributed by atoms with Gasteiger partial charge in [0, 0.05) is 24.8 Å². The van der Waals surface area contributed by atoms with E-state index in [0.29, 0.717) is 6.42 Å². The lowest BCUT2D eigenvalue weighted by atomic mass is 9.58. The molecule has 94 valence electrons. The Labute approximate surface area is 94.6 Å². The van der Waals surface area contributed by atoms with Crippen molar-refractivity contribution in [3.63, 3.8) is 0 Å². The molecule has 4 heteroatoms. The lowest BCUT2D eigenvalue weighted by Crippen LogP contribution is -2.63. The van der Waals surface area contributed by atoms with Gasteiger partial charge in [0.2, 0.25) is 0 Å². The van der Waals surface area contributed by atoms with Gasteiger partial charge in [-0.15, -0.1) is 0 Å². The largest absolute Gasteiger partial charge is 0.325 e. The molecule has 0 aromatic heterocycles. The molecule has 2 fully saturated rings. The first kappa shape index (κ1) is 12.2. The summed E-state index contributed by atoms with van der Waals surface area (Å²) >= 11 is 0. The van der Waals surface area contributed by atoms with Gasteiger partial charge in [-0.05, 0) is 26.2 Å². The highest BCUT2D eigenvalue weighted by molar-refractivity contribution is 5.14. The molecule has 0 aliphatic heterocycles. The van der Waals surface area contributed by atoms with E-state index in [1.165, 1.54) is 6.92 Å². The Morgan fingerprint density at radius 1 is 0.938 bits per heavy atom. The molecule has 0 heterocycles. The van der Waals surface area contributed by atoms with Crippen LogP contribution in [0.4, 0.5) is 13.2 Å². The lowest BCUT2D eigenvalue weighted by Gasteiger charge is -2.54. The van der Waals surface area contributed by atoms with E-state index in [4.69, 9.17) is 5.73 Å². The van der Waals surface area contributed by atoms with E-state index in [1.807, 2.05) is 6.92 Å². The minimum Gasteiger partial charge on any atom is -0.325 e. The molecule has 16 heavy (non-hydrogen) atoms. The third-order valence-electron chi connectivity index (χ3n) is 4.05. The molecule has 2 aliphatic carbocycles. The Bertz CT molecular complexity index is 275. The number of hydrogen-bond donors (Lipinski definition) is 1. The van der Waals surface area contributed by atoms with Crippen molar-refractivity contribution >= 4 is 0 Å². The summed E-state index contributed by atoms with van der Waals surface area (Å²) in [5.74, 6) is 0. The van der Waals surface area contributed by atoms with Gasteiger partial charge in [0.25, 0.3) is 0 Å². The highest BCUT2D eigenvalue weighted by Gasteiger charge is 2.61. The minimum absolute atomic E-state index is 0.0850. The second-order valence-electron chi connectivity index (χ2n) is 6.31. The zero-order valence-electron chi connectivity index (χ0n) is 9.95. The van der Waals surface area contributed by atoms with Gasteiger partial charge in [0.1, 0.15) is 17.0 Å². The van der Waals surface area contributed by atoms with E-state index < -0.39 is 22.5 Å². The van der Waals surface area contributed by atoms with Crippen LogP contribution < -0.4 is 5.73 Å². The van der Waals surface area contributed by atoms with Gasteiger partial charge >= 0.3 is 0 Å². The van der Waals surface area contributed by atoms with Crippen LogP contribution in [0, 0.1) is 0 Å². The molecule has 0 amide bonds. The fourth-order valence-corrected chi connectivity index (χ4v) is 3.90. The lowest BCUT2D eigenvalue weighted by molar-refractivity contribution is -0.131. The van der Waals surface area contributed by atoms with Crippen molar-refractivity contribution in [3.05, 3.63) is 0 Å². The number of fused-ring (bicyclic) bond motifs is 2. The second kappa shape index (κ2) is 3.15. The number of rotatable bonds is 1. The predicted molar refractivity (Wildman–Crippen MR) is 57.5 cm³/mol. The Balaban J connectivity index is 2.32. The van der Waals surface area contributed by atoms with Crippen LogP contribution in [-0.4, -0.2) is 22.5 Å². The number of halogens is 3. The summed E-state index contributed by atoms with van der Waals surface area (Å²) < 4.78 is 42.9. The monoisotopic (exact) mass is 235 g/mol. The van der Waals surface area contributed by atoms with Gasteiger partial charge in [0.05, 0.1) is 0 Å².